The van der Waals surface area contributed by atoms with Crippen molar-refractivity contribution in [2.24, 2.45) is 5.73 Å². The van der Waals surface area contributed by atoms with E-state index in [9.17, 15) is 9.59 Å². The number of hydrogen-bond donors (Lipinski definition) is 1. The highest BCUT2D eigenvalue weighted by Crippen LogP contribution is 2.24. The SMILES string of the molecule is Cc1noc(C(C)C)c1C(=O)N1CCOC(C(N)=O)C1. The molecule has 1 atom stereocenters. The number of nitrogens with zero attached hydrogens (tertiary/aromatic N) is 2. The molecule has 0 saturated carbocycles. The standard InChI is InChI=1S/C13H19N3O4/c1-7(2)11-10(8(3)15-20-11)13(18)16-4-5-19-9(6-16)12(14)17/h7,9H,4-6H2,1-3H3,(H2,14,17). The molecule has 7 heteroatoms. The summed E-state index contributed by atoms with van der Waals surface area (Å²) in [6.45, 7) is 6.47. The predicted octanol–water partition coefficient (Wildman–Crippen LogP) is 0.433. The van der Waals surface area contributed by atoms with E-state index in [1.807, 2.05) is 13.8 Å². The summed E-state index contributed by atoms with van der Waals surface area (Å²) in [6.07, 6.45) is -0.754. The fourth-order valence-corrected chi connectivity index (χ4v) is 2.21. The van der Waals surface area contributed by atoms with Gasteiger partial charge in [-0.05, 0) is 6.92 Å². The molecule has 110 valence electrons. The van der Waals surface area contributed by atoms with E-state index in [2.05, 4.69) is 5.16 Å². The van der Waals surface area contributed by atoms with Gasteiger partial charge in [0.05, 0.1) is 18.8 Å². The van der Waals surface area contributed by atoms with E-state index >= 15 is 0 Å². The van der Waals surface area contributed by atoms with Crippen LogP contribution in [0, 0.1) is 6.92 Å². The van der Waals surface area contributed by atoms with Crippen LogP contribution in [-0.2, 0) is 9.53 Å². The maximum atomic E-state index is 12.6. The van der Waals surface area contributed by atoms with Crippen molar-refractivity contribution in [1.82, 2.24) is 10.1 Å². The van der Waals surface area contributed by atoms with Gasteiger partial charge in [-0.2, -0.15) is 0 Å². The Hall–Kier alpha value is -1.89. The quantitative estimate of drug-likeness (QED) is 0.866. The third-order valence-electron chi connectivity index (χ3n) is 3.30. The summed E-state index contributed by atoms with van der Waals surface area (Å²) in [5, 5.41) is 3.86. The smallest absolute Gasteiger partial charge is 0.259 e. The van der Waals surface area contributed by atoms with Crippen molar-refractivity contribution in [2.45, 2.75) is 32.8 Å². The molecule has 1 saturated heterocycles. The number of nitrogens with two attached hydrogens (primary N) is 1. The van der Waals surface area contributed by atoms with Crippen LogP contribution in [0.25, 0.3) is 0 Å². The van der Waals surface area contributed by atoms with Crippen LogP contribution in [0.4, 0.5) is 0 Å². The van der Waals surface area contributed by atoms with Crippen LogP contribution in [0.15, 0.2) is 4.52 Å². The third-order valence-corrected chi connectivity index (χ3v) is 3.30. The second kappa shape index (κ2) is 5.62. The number of carbonyl (C=O) groups excluding carboxylic acids is 2. The van der Waals surface area contributed by atoms with E-state index in [1.165, 1.54) is 0 Å². The fraction of sp³-hybridized carbons (Fsp3) is 0.615. The molecule has 0 aliphatic carbocycles. The molecule has 20 heavy (non-hydrogen) atoms. The summed E-state index contributed by atoms with van der Waals surface area (Å²) in [5.74, 6) is -0.131. The second-order valence-corrected chi connectivity index (χ2v) is 5.17. The fourth-order valence-electron chi connectivity index (χ4n) is 2.21. The molecule has 0 bridgehead atoms. The lowest BCUT2D eigenvalue weighted by atomic mass is 10.0. The van der Waals surface area contributed by atoms with Gasteiger partial charge >= 0.3 is 0 Å². The summed E-state index contributed by atoms with van der Waals surface area (Å²) >= 11 is 0. The van der Waals surface area contributed by atoms with Gasteiger partial charge in [0, 0.05) is 12.5 Å². The molecule has 2 rings (SSSR count). The van der Waals surface area contributed by atoms with Gasteiger partial charge in [0.1, 0.15) is 5.56 Å². The Bertz CT molecular complexity index is 524. The second-order valence-electron chi connectivity index (χ2n) is 5.17. The molecule has 1 aliphatic heterocycles. The molecular weight excluding hydrogens is 262 g/mol. The Balaban J connectivity index is 2.23. The molecule has 1 aromatic heterocycles. The Morgan fingerprint density at radius 2 is 2.15 bits per heavy atom. The molecule has 2 N–H and O–H groups in total. The van der Waals surface area contributed by atoms with Crippen LogP contribution in [0.2, 0.25) is 0 Å². The van der Waals surface area contributed by atoms with Gasteiger partial charge in [-0.25, -0.2) is 0 Å². The maximum absolute atomic E-state index is 12.6. The first-order valence-corrected chi connectivity index (χ1v) is 6.58. The van der Waals surface area contributed by atoms with E-state index in [0.29, 0.717) is 30.2 Å². The lowest BCUT2D eigenvalue weighted by Crippen LogP contribution is -2.50. The van der Waals surface area contributed by atoms with Crippen LogP contribution in [0.1, 0.15) is 41.6 Å². The molecule has 7 nitrogen and oxygen atoms in total. The van der Waals surface area contributed by atoms with Gasteiger partial charge in [0.15, 0.2) is 11.9 Å². The van der Waals surface area contributed by atoms with Gasteiger partial charge in [-0.15, -0.1) is 0 Å². The molecule has 0 radical (unpaired) electrons. The zero-order valence-electron chi connectivity index (χ0n) is 11.9. The molecular formula is C13H19N3O4. The minimum absolute atomic E-state index is 0.0585. The van der Waals surface area contributed by atoms with Crippen molar-refractivity contribution in [1.29, 1.82) is 0 Å². The van der Waals surface area contributed by atoms with Crippen molar-refractivity contribution in [2.75, 3.05) is 19.7 Å². The molecule has 0 aromatic carbocycles. The monoisotopic (exact) mass is 281 g/mol. The lowest BCUT2D eigenvalue weighted by Gasteiger charge is -2.31. The number of primary amides is 1. The zero-order valence-corrected chi connectivity index (χ0v) is 11.9. The molecule has 1 fully saturated rings. The highest BCUT2D eigenvalue weighted by molar-refractivity contribution is 5.96. The molecule has 2 amide bonds. The topological polar surface area (TPSA) is 98.7 Å². The Kier molecular flexibility index (Phi) is 4.08. The molecule has 2 heterocycles. The predicted molar refractivity (Wildman–Crippen MR) is 70.2 cm³/mol. The average Bonchev–Trinajstić information content (AvgIpc) is 2.80. The van der Waals surface area contributed by atoms with E-state index < -0.39 is 12.0 Å². The molecule has 1 aliphatic rings. The van der Waals surface area contributed by atoms with Gasteiger partial charge in [-0.3, -0.25) is 9.59 Å². The Labute approximate surface area is 117 Å². The van der Waals surface area contributed by atoms with E-state index in [4.69, 9.17) is 15.0 Å². The summed E-state index contributed by atoms with van der Waals surface area (Å²) in [5.41, 5.74) is 6.26. The van der Waals surface area contributed by atoms with Crippen molar-refractivity contribution in [3.05, 3.63) is 17.0 Å². The summed E-state index contributed by atoms with van der Waals surface area (Å²) in [4.78, 5) is 25.3. The summed E-state index contributed by atoms with van der Waals surface area (Å²) < 4.78 is 10.5. The normalized spacial score (nSPS) is 19.4. The van der Waals surface area contributed by atoms with Gasteiger partial charge < -0.3 is 19.9 Å². The van der Waals surface area contributed by atoms with E-state index in [1.54, 1.807) is 11.8 Å². The first-order valence-electron chi connectivity index (χ1n) is 6.58. The molecule has 0 spiro atoms. The number of hydrogen-bond acceptors (Lipinski definition) is 5. The van der Waals surface area contributed by atoms with Crippen LogP contribution < -0.4 is 5.73 Å². The first kappa shape index (κ1) is 14.5. The zero-order chi connectivity index (χ0) is 14.9. The van der Waals surface area contributed by atoms with E-state index in [-0.39, 0.29) is 18.4 Å². The maximum Gasteiger partial charge on any atom is 0.259 e. The molecule has 1 unspecified atom stereocenters. The van der Waals surface area contributed by atoms with Crippen molar-refractivity contribution < 1.29 is 18.8 Å². The van der Waals surface area contributed by atoms with Crippen LogP contribution in [-0.4, -0.2) is 47.7 Å². The summed E-state index contributed by atoms with van der Waals surface area (Å²) in [6, 6.07) is 0. The van der Waals surface area contributed by atoms with Crippen LogP contribution in [0.3, 0.4) is 0 Å². The number of carbonyl (C=O) groups is 2. The number of amides is 2. The highest BCUT2D eigenvalue weighted by Gasteiger charge is 2.32. The van der Waals surface area contributed by atoms with Gasteiger partial charge in [0.2, 0.25) is 5.91 Å². The van der Waals surface area contributed by atoms with Crippen molar-refractivity contribution >= 4 is 11.8 Å². The number of aromatic nitrogens is 1. The third kappa shape index (κ3) is 2.67. The van der Waals surface area contributed by atoms with Gasteiger partial charge in [0.25, 0.3) is 5.91 Å². The minimum atomic E-state index is -0.754. The Morgan fingerprint density at radius 3 is 2.75 bits per heavy atom. The first-order chi connectivity index (χ1) is 9.41. The summed E-state index contributed by atoms with van der Waals surface area (Å²) in [7, 11) is 0. The lowest BCUT2D eigenvalue weighted by molar-refractivity contribution is -0.133. The largest absolute Gasteiger partial charge is 0.367 e. The van der Waals surface area contributed by atoms with Crippen LogP contribution in [0.5, 0.6) is 0 Å². The van der Waals surface area contributed by atoms with Crippen LogP contribution >= 0.6 is 0 Å². The van der Waals surface area contributed by atoms with E-state index in [0.717, 1.165) is 0 Å². The van der Waals surface area contributed by atoms with Crippen molar-refractivity contribution in [3.63, 3.8) is 0 Å². The average molecular weight is 281 g/mol. The minimum Gasteiger partial charge on any atom is -0.367 e. The number of morpholine rings is 1. The Morgan fingerprint density at radius 1 is 1.45 bits per heavy atom. The number of ether oxygens (including phenoxy) is 1. The highest BCUT2D eigenvalue weighted by atomic mass is 16.5. The number of rotatable bonds is 3. The van der Waals surface area contributed by atoms with Gasteiger partial charge in [-0.1, -0.05) is 19.0 Å². The molecule has 1 aromatic rings. The number of aryl methyl sites for hydroxylation is 1. The van der Waals surface area contributed by atoms with Crippen molar-refractivity contribution in [3.8, 4) is 0 Å².